The SMILES string of the molecule is CCCc1cn(CCC)c2c([N+](=O)[O-])cccc12. The molecule has 4 nitrogen and oxygen atoms in total. The first-order valence-electron chi connectivity index (χ1n) is 6.44. The molecule has 0 N–H and O–H groups in total. The number of hydrogen-bond acceptors (Lipinski definition) is 2. The Bertz CT molecular complexity index is 572. The summed E-state index contributed by atoms with van der Waals surface area (Å²) in [7, 11) is 0. The van der Waals surface area contributed by atoms with E-state index in [-0.39, 0.29) is 10.6 Å². The van der Waals surface area contributed by atoms with E-state index in [2.05, 4.69) is 20.0 Å². The van der Waals surface area contributed by atoms with Crippen molar-refractivity contribution in [1.29, 1.82) is 0 Å². The Labute approximate surface area is 106 Å². The second kappa shape index (κ2) is 5.21. The summed E-state index contributed by atoms with van der Waals surface area (Å²) in [6.45, 7) is 5.03. The van der Waals surface area contributed by atoms with E-state index in [0.29, 0.717) is 0 Å². The largest absolute Gasteiger partial charge is 0.342 e. The first-order valence-corrected chi connectivity index (χ1v) is 6.44. The molecule has 0 bridgehead atoms. The van der Waals surface area contributed by atoms with E-state index in [1.54, 1.807) is 12.1 Å². The number of nitro groups is 1. The smallest absolute Gasteiger partial charge is 0.293 e. The van der Waals surface area contributed by atoms with Crippen molar-refractivity contribution >= 4 is 16.6 Å². The monoisotopic (exact) mass is 246 g/mol. The standard InChI is InChI=1S/C14H18N2O2/c1-3-6-11-10-15(9-4-2)14-12(11)7-5-8-13(14)16(17)18/h5,7-8,10H,3-4,6,9H2,1-2H3. The molecule has 18 heavy (non-hydrogen) atoms. The fourth-order valence-electron chi connectivity index (χ4n) is 2.45. The van der Waals surface area contributed by atoms with E-state index in [9.17, 15) is 10.1 Å². The zero-order chi connectivity index (χ0) is 13.1. The van der Waals surface area contributed by atoms with Crippen LogP contribution in [0.2, 0.25) is 0 Å². The Morgan fingerprint density at radius 2 is 2.06 bits per heavy atom. The molecule has 0 aliphatic carbocycles. The van der Waals surface area contributed by atoms with Gasteiger partial charge in [-0.05, 0) is 18.4 Å². The quantitative estimate of drug-likeness (QED) is 0.593. The van der Waals surface area contributed by atoms with Crippen LogP contribution in [0.15, 0.2) is 24.4 Å². The maximum absolute atomic E-state index is 11.1. The Balaban J connectivity index is 2.70. The summed E-state index contributed by atoms with van der Waals surface area (Å²) >= 11 is 0. The lowest BCUT2D eigenvalue weighted by atomic mass is 10.1. The van der Waals surface area contributed by atoms with E-state index in [4.69, 9.17) is 0 Å². The van der Waals surface area contributed by atoms with Crippen molar-refractivity contribution in [2.75, 3.05) is 0 Å². The summed E-state index contributed by atoms with van der Waals surface area (Å²) in [5, 5.41) is 12.2. The van der Waals surface area contributed by atoms with Crippen LogP contribution >= 0.6 is 0 Å². The number of fused-ring (bicyclic) bond motifs is 1. The fraction of sp³-hybridized carbons (Fsp3) is 0.429. The molecule has 0 spiro atoms. The van der Waals surface area contributed by atoms with Gasteiger partial charge in [-0.1, -0.05) is 32.4 Å². The maximum atomic E-state index is 11.1. The molecule has 96 valence electrons. The number of aromatic nitrogens is 1. The minimum absolute atomic E-state index is 0.211. The molecule has 0 aliphatic rings. The molecule has 2 aromatic rings. The molecule has 0 saturated heterocycles. The van der Waals surface area contributed by atoms with Gasteiger partial charge in [0.25, 0.3) is 5.69 Å². The molecule has 0 radical (unpaired) electrons. The highest BCUT2D eigenvalue weighted by Gasteiger charge is 2.17. The molecular formula is C14H18N2O2. The first kappa shape index (κ1) is 12.6. The van der Waals surface area contributed by atoms with Crippen molar-refractivity contribution in [3.63, 3.8) is 0 Å². The molecule has 2 rings (SSSR count). The van der Waals surface area contributed by atoms with Crippen molar-refractivity contribution in [2.24, 2.45) is 0 Å². The van der Waals surface area contributed by atoms with Gasteiger partial charge in [0, 0.05) is 24.2 Å². The topological polar surface area (TPSA) is 48.1 Å². The van der Waals surface area contributed by atoms with Gasteiger partial charge in [-0.15, -0.1) is 0 Å². The van der Waals surface area contributed by atoms with Crippen LogP contribution in [0.3, 0.4) is 0 Å². The predicted octanol–water partition coefficient (Wildman–Crippen LogP) is 3.91. The van der Waals surface area contributed by atoms with Gasteiger partial charge in [0.15, 0.2) is 0 Å². The van der Waals surface area contributed by atoms with Gasteiger partial charge in [0.05, 0.1) is 4.92 Å². The average molecular weight is 246 g/mol. The highest BCUT2D eigenvalue weighted by atomic mass is 16.6. The normalized spacial score (nSPS) is 11.0. The van der Waals surface area contributed by atoms with Gasteiger partial charge in [-0.25, -0.2) is 0 Å². The van der Waals surface area contributed by atoms with E-state index in [1.165, 1.54) is 5.56 Å². The second-order valence-corrected chi connectivity index (χ2v) is 4.53. The van der Waals surface area contributed by atoms with Gasteiger partial charge < -0.3 is 4.57 Å². The van der Waals surface area contributed by atoms with Crippen LogP contribution in [0.5, 0.6) is 0 Å². The molecule has 0 unspecified atom stereocenters. The third-order valence-electron chi connectivity index (χ3n) is 3.14. The van der Waals surface area contributed by atoms with Gasteiger partial charge in [-0.2, -0.15) is 0 Å². The molecule has 0 saturated carbocycles. The van der Waals surface area contributed by atoms with E-state index < -0.39 is 0 Å². The van der Waals surface area contributed by atoms with Crippen LogP contribution in [0.1, 0.15) is 32.3 Å². The number of non-ortho nitro benzene ring substituents is 1. The minimum Gasteiger partial charge on any atom is -0.342 e. The molecule has 1 heterocycles. The van der Waals surface area contributed by atoms with Crippen molar-refractivity contribution in [1.82, 2.24) is 4.57 Å². The van der Waals surface area contributed by atoms with Crippen molar-refractivity contribution in [2.45, 2.75) is 39.7 Å². The van der Waals surface area contributed by atoms with Crippen LogP contribution in [0.25, 0.3) is 10.9 Å². The van der Waals surface area contributed by atoms with Gasteiger partial charge in [-0.3, -0.25) is 10.1 Å². The summed E-state index contributed by atoms with van der Waals surface area (Å²) in [4.78, 5) is 10.8. The number of benzene rings is 1. The summed E-state index contributed by atoms with van der Waals surface area (Å²) in [6.07, 6.45) is 5.06. The number of para-hydroxylation sites is 1. The number of rotatable bonds is 5. The predicted molar refractivity (Wildman–Crippen MR) is 72.9 cm³/mol. The molecule has 0 fully saturated rings. The number of nitro benzene ring substituents is 1. The van der Waals surface area contributed by atoms with Gasteiger partial charge >= 0.3 is 0 Å². The molecule has 0 amide bonds. The average Bonchev–Trinajstić information content (AvgIpc) is 2.69. The third kappa shape index (κ3) is 2.10. The first-order chi connectivity index (χ1) is 8.69. The zero-order valence-corrected chi connectivity index (χ0v) is 10.8. The third-order valence-corrected chi connectivity index (χ3v) is 3.14. The summed E-state index contributed by atoms with van der Waals surface area (Å²) in [5.74, 6) is 0. The van der Waals surface area contributed by atoms with Gasteiger partial charge in [0.2, 0.25) is 0 Å². The van der Waals surface area contributed by atoms with Gasteiger partial charge in [0.1, 0.15) is 5.52 Å². The van der Waals surface area contributed by atoms with Crippen molar-refractivity contribution in [3.05, 3.63) is 40.1 Å². The lowest BCUT2D eigenvalue weighted by molar-refractivity contribution is -0.383. The van der Waals surface area contributed by atoms with E-state index in [0.717, 1.165) is 36.7 Å². The molecular weight excluding hydrogens is 228 g/mol. The maximum Gasteiger partial charge on any atom is 0.293 e. The Kier molecular flexibility index (Phi) is 3.65. The summed E-state index contributed by atoms with van der Waals surface area (Å²) in [6, 6.07) is 5.35. The van der Waals surface area contributed by atoms with Crippen LogP contribution in [0.4, 0.5) is 5.69 Å². The lowest BCUT2D eigenvalue weighted by Gasteiger charge is -2.02. The molecule has 1 aromatic heterocycles. The molecule has 1 aromatic carbocycles. The van der Waals surface area contributed by atoms with Crippen LogP contribution in [0, 0.1) is 10.1 Å². The number of aryl methyl sites for hydroxylation is 2. The zero-order valence-electron chi connectivity index (χ0n) is 10.8. The summed E-state index contributed by atoms with van der Waals surface area (Å²) < 4.78 is 2.03. The Hall–Kier alpha value is -1.84. The van der Waals surface area contributed by atoms with Crippen LogP contribution in [-0.2, 0) is 13.0 Å². The molecule has 4 heteroatoms. The summed E-state index contributed by atoms with van der Waals surface area (Å²) in [5.41, 5.74) is 2.20. The molecule has 0 aliphatic heterocycles. The Morgan fingerprint density at radius 1 is 1.28 bits per heavy atom. The lowest BCUT2D eigenvalue weighted by Crippen LogP contribution is -1.97. The minimum atomic E-state index is -0.287. The highest BCUT2D eigenvalue weighted by molar-refractivity contribution is 5.91. The van der Waals surface area contributed by atoms with E-state index in [1.807, 2.05) is 10.6 Å². The van der Waals surface area contributed by atoms with Crippen molar-refractivity contribution in [3.8, 4) is 0 Å². The highest BCUT2D eigenvalue weighted by Crippen LogP contribution is 2.30. The van der Waals surface area contributed by atoms with E-state index >= 15 is 0 Å². The van der Waals surface area contributed by atoms with Crippen LogP contribution in [-0.4, -0.2) is 9.49 Å². The molecule has 0 atom stereocenters. The van der Waals surface area contributed by atoms with Crippen LogP contribution < -0.4 is 0 Å². The second-order valence-electron chi connectivity index (χ2n) is 4.53. The fourth-order valence-corrected chi connectivity index (χ4v) is 2.45. The Morgan fingerprint density at radius 3 is 2.67 bits per heavy atom. The number of hydrogen-bond donors (Lipinski definition) is 0. The number of nitrogens with zero attached hydrogens (tertiary/aromatic N) is 2. The van der Waals surface area contributed by atoms with Crippen molar-refractivity contribution < 1.29 is 4.92 Å².